The summed E-state index contributed by atoms with van der Waals surface area (Å²) in [6, 6.07) is 0. The van der Waals surface area contributed by atoms with Crippen LogP contribution in [0.3, 0.4) is 0 Å². The minimum absolute atomic E-state index is 0.137. The molecule has 2 N–H and O–H groups in total. The lowest BCUT2D eigenvalue weighted by Gasteiger charge is -2.23. The first-order valence-corrected chi connectivity index (χ1v) is 9.54. The Kier molecular flexibility index (Phi) is 15.9. The highest BCUT2D eigenvalue weighted by Crippen LogP contribution is 2.22. The molecule has 0 aliphatic heterocycles. The molecule has 0 radical (unpaired) electrons. The van der Waals surface area contributed by atoms with Crippen LogP contribution in [0.15, 0.2) is 0 Å². The molecule has 1 unspecified atom stereocenters. The average molecular weight is 317 g/mol. The van der Waals surface area contributed by atoms with Crippen LogP contribution >= 0.6 is 0 Å². The van der Waals surface area contributed by atoms with Gasteiger partial charge in [-0.2, -0.15) is 0 Å². The summed E-state index contributed by atoms with van der Waals surface area (Å²) in [5.74, 6) is 2.22. The third kappa shape index (κ3) is 12.5. The highest BCUT2D eigenvalue weighted by molar-refractivity contribution is 4.68. The van der Waals surface area contributed by atoms with Crippen LogP contribution in [0.5, 0.6) is 0 Å². The van der Waals surface area contributed by atoms with Gasteiger partial charge in [0.15, 0.2) is 0 Å². The van der Waals surface area contributed by atoms with E-state index in [0.717, 1.165) is 0 Å². The van der Waals surface area contributed by atoms with Crippen LogP contribution in [-0.2, 0) is 0 Å². The van der Waals surface area contributed by atoms with E-state index in [1.807, 2.05) is 13.8 Å². The van der Waals surface area contributed by atoms with Crippen LogP contribution in [0.1, 0.15) is 93.9 Å². The third-order valence-electron chi connectivity index (χ3n) is 4.73. The smallest absolute Gasteiger partial charge is 0.0542 e. The average Bonchev–Trinajstić information content (AvgIpc) is 2.38. The minimum atomic E-state index is -0.137. The molecule has 0 fully saturated rings. The molecular weight excluding hydrogens is 272 g/mol. The summed E-state index contributed by atoms with van der Waals surface area (Å²) in [7, 11) is 0. The molecule has 0 spiro atoms. The van der Waals surface area contributed by atoms with Crippen LogP contribution in [0.2, 0.25) is 0 Å². The van der Waals surface area contributed by atoms with E-state index >= 15 is 0 Å². The quantitative estimate of drug-likeness (QED) is 0.546. The van der Waals surface area contributed by atoms with Gasteiger partial charge in [-0.25, -0.2) is 0 Å². The summed E-state index contributed by atoms with van der Waals surface area (Å²) in [6.45, 7) is 16.9. The molecule has 0 amide bonds. The lowest BCUT2D eigenvalue weighted by Crippen LogP contribution is -2.22. The van der Waals surface area contributed by atoms with E-state index in [1.165, 1.54) is 38.5 Å². The Morgan fingerprint density at radius 1 is 0.591 bits per heavy atom. The number of unbranched alkanes of at least 4 members (excludes halogenated alkanes) is 2. The van der Waals surface area contributed by atoms with Crippen molar-refractivity contribution in [3.05, 3.63) is 0 Å². The maximum absolute atomic E-state index is 9.41. The van der Waals surface area contributed by atoms with E-state index in [1.54, 1.807) is 0 Å². The van der Waals surface area contributed by atoms with Gasteiger partial charge >= 0.3 is 0 Å². The molecule has 0 saturated heterocycles. The zero-order chi connectivity index (χ0) is 17.7. The van der Waals surface area contributed by atoms with Gasteiger partial charge in [-0.3, -0.25) is 0 Å². The Morgan fingerprint density at radius 3 is 1.00 bits per heavy atom. The first kappa shape index (κ1) is 24.2. The molecule has 0 bridgehead atoms. The molecule has 2 nitrogen and oxygen atoms in total. The fraction of sp³-hybridized carbons (Fsp3) is 1.00. The van der Waals surface area contributed by atoms with Crippen molar-refractivity contribution in [1.29, 1.82) is 0 Å². The summed E-state index contributed by atoms with van der Waals surface area (Å²) in [5, 5.41) is 18.8. The lowest BCUT2D eigenvalue weighted by atomic mass is 9.87. The highest BCUT2D eigenvalue weighted by Gasteiger charge is 2.18. The van der Waals surface area contributed by atoms with Gasteiger partial charge < -0.3 is 10.2 Å². The number of rotatable bonds is 10. The van der Waals surface area contributed by atoms with Crippen molar-refractivity contribution in [2.45, 2.75) is 106 Å². The molecule has 0 rings (SSSR count). The predicted octanol–water partition coefficient (Wildman–Crippen LogP) is 5.66. The Hall–Kier alpha value is -0.0800. The largest absolute Gasteiger partial charge is 0.393 e. The van der Waals surface area contributed by atoms with Crippen LogP contribution in [-0.4, -0.2) is 22.4 Å². The standard InChI is InChI=1S/2C10H22O/c2*1-5-6-7-10(8(2)3)9(4)11/h2*8-11H,5-7H2,1-4H3/t9?,10-;9-,10+/m10/s1. The molecule has 0 aromatic heterocycles. The molecule has 2 heteroatoms. The van der Waals surface area contributed by atoms with Crippen molar-refractivity contribution in [3.8, 4) is 0 Å². The van der Waals surface area contributed by atoms with Crippen molar-refractivity contribution in [3.63, 3.8) is 0 Å². The van der Waals surface area contributed by atoms with E-state index < -0.39 is 0 Å². The predicted molar refractivity (Wildman–Crippen MR) is 99.1 cm³/mol. The second-order valence-electron chi connectivity index (χ2n) is 7.58. The Bertz CT molecular complexity index is 182. The molecule has 0 aliphatic rings. The van der Waals surface area contributed by atoms with Crippen molar-refractivity contribution >= 4 is 0 Å². The molecule has 0 aromatic rings. The van der Waals surface area contributed by atoms with Crippen molar-refractivity contribution in [2.24, 2.45) is 23.7 Å². The lowest BCUT2D eigenvalue weighted by molar-refractivity contribution is 0.0901. The third-order valence-corrected chi connectivity index (χ3v) is 4.73. The van der Waals surface area contributed by atoms with Gasteiger partial charge in [0.2, 0.25) is 0 Å². The molecule has 0 aromatic carbocycles. The Labute approximate surface area is 140 Å². The second kappa shape index (κ2) is 14.5. The Balaban J connectivity index is 0. The summed E-state index contributed by atoms with van der Waals surface area (Å²) >= 11 is 0. The van der Waals surface area contributed by atoms with Crippen LogP contribution < -0.4 is 0 Å². The van der Waals surface area contributed by atoms with Gasteiger partial charge in [0.05, 0.1) is 12.2 Å². The maximum atomic E-state index is 9.41. The molecule has 22 heavy (non-hydrogen) atoms. The van der Waals surface area contributed by atoms with E-state index in [4.69, 9.17) is 0 Å². The topological polar surface area (TPSA) is 40.5 Å². The SMILES string of the molecule is CCCC[C@H](C(C)C)C(C)O.CCCC[C@H](C(C)C)[C@H](C)O. The van der Waals surface area contributed by atoms with Gasteiger partial charge in [0, 0.05) is 0 Å². The molecule has 136 valence electrons. The van der Waals surface area contributed by atoms with E-state index in [2.05, 4.69) is 41.5 Å². The van der Waals surface area contributed by atoms with Gasteiger partial charge in [-0.1, -0.05) is 67.2 Å². The summed E-state index contributed by atoms with van der Waals surface area (Å²) in [5.41, 5.74) is 0. The normalized spacial score (nSPS) is 16.9. The second-order valence-corrected chi connectivity index (χ2v) is 7.58. The fourth-order valence-electron chi connectivity index (χ4n) is 3.14. The first-order valence-electron chi connectivity index (χ1n) is 9.54. The molecule has 4 atom stereocenters. The van der Waals surface area contributed by atoms with E-state index in [0.29, 0.717) is 23.7 Å². The summed E-state index contributed by atoms with van der Waals surface area (Å²) in [4.78, 5) is 0. The highest BCUT2D eigenvalue weighted by atomic mass is 16.3. The van der Waals surface area contributed by atoms with Crippen LogP contribution in [0.25, 0.3) is 0 Å². The summed E-state index contributed by atoms with van der Waals surface area (Å²) in [6.07, 6.45) is 7.02. The number of aliphatic hydroxyl groups excluding tert-OH is 2. The van der Waals surface area contributed by atoms with Crippen LogP contribution in [0.4, 0.5) is 0 Å². The monoisotopic (exact) mass is 316 g/mol. The zero-order valence-corrected chi connectivity index (χ0v) is 16.6. The Morgan fingerprint density at radius 2 is 0.864 bits per heavy atom. The molecular formula is C20H44O2. The molecule has 0 aliphatic carbocycles. The zero-order valence-electron chi connectivity index (χ0n) is 16.6. The minimum Gasteiger partial charge on any atom is -0.393 e. The van der Waals surface area contributed by atoms with E-state index in [9.17, 15) is 10.2 Å². The van der Waals surface area contributed by atoms with Gasteiger partial charge in [-0.05, 0) is 50.4 Å². The van der Waals surface area contributed by atoms with E-state index in [-0.39, 0.29) is 12.2 Å². The first-order chi connectivity index (χ1) is 10.2. The number of hydrogen-bond donors (Lipinski definition) is 2. The molecule has 0 saturated carbocycles. The van der Waals surface area contributed by atoms with Gasteiger partial charge in [-0.15, -0.1) is 0 Å². The van der Waals surface area contributed by atoms with Crippen molar-refractivity contribution in [1.82, 2.24) is 0 Å². The number of hydrogen-bond acceptors (Lipinski definition) is 2. The molecule has 0 heterocycles. The fourth-order valence-corrected chi connectivity index (χ4v) is 3.14. The maximum Gasteiger partial charge on any atom is 0.0542 e. The van der Waals surface area contributed by atoms with Crippen LogP contribution in [0, 0.1) is 23.7 Å². The van der Waals surface area contributed by atoms with Crippen molar-refractivity contribution in [2.75, 3.05) is 0 Å². The van der Waals surface area contributed by atoms with Gasteiger partial charge in [0.1, 0.15) is 0 Å². The van der Waals surface area contributed by atoms with Gasteiger partial charge in [0.25, 0.3) is 0 Å². The number of aliphatic hydroxyl groups is 2. The summed E-state index contributed by atoms with van der Waals surface area (Å²) < 4.78 is 0. The van der Waals surface area contributed by atoms with Crippen molar-refractivity contribution < 1.29 is 10.2 Å².